The standard InChI is InChI=1S/C18H18N2O/c1-12(2)18(21)16-10-14-6-4-5-7-15(14)11-17(16)20-9-8-13(3)19-20/h4-12H,1-3H3. The van der Waals surface area contributed by atoms with Crippen LogP contribution in [0, 0.1) is 12.8 Å². The van der Waals surface area contributed by atoms with Crippen LogP contribution in [0.15, 0.2) is 48.7 Å². The van der Waals surface area contributed by atoms with E-state index in [-0.39, 0.29) is 11.7 Å². The van der Waals surface area contributed by atoms with Crippen molar-refractivity contribution in [1.82, 2.24) is 9.78 Å². The third-order valence-corrected chi connectivity index (χ3v) is 3.62. The number of ketones is 1. The van der Waals surface area contributed by atoms with Crippen molar-refractivity contribution in [2.75, 3.05) is 0 Å². The van der Waals surface area contributed by atoms with Crippen molar-refractivity contribution in [3.8, 4) is 5.69 Å². The number of hydrogen-bond acceptors (Lipinski definition) is 2. The second-order valence-electron chi connectivity index (χ2n) is 5.64. The lowest BCUT2D eigenvalue weighted by atomic mass is 9.96. The second kappa shape index (κ2) is 5.17. The van der Waals surface area contributed by atoms with E-state index in [1.165, 1.54) is 0 Å². The molecule has 3 aromatic rings. The summed E-state index contributed by atoms with van der Waals surface area (Å²) >= 11 is 0. The topological polar surface area (TPSA) is 34.9 Å². The van der Waals surface area contributed by atoms with E-state index in [9.17, 15) is 4.79 Å². The van der Waals surface area contributed by atoms with Crippen molar-refractivity contribution < 1.29 is 4.79 Å². The second-order valence-corrected chi connectivity index (χ2v) is 5.64. The molecule has 0 N–H and O–H groups in total. The average molecular weight is 278 g/mol. The van der Waals surface area contributed by atoms with E-state index in [1.54, 1.807) is 4.68 Å². The van der Waals surface area contributed by atoms with E-state index < -0.39 is 0 Å². The molecule has 0 fully saturated rings. The molecule has 0 bridgehead atoms. The van der Waals surface area contributed by atoms with Crippen molar-refractivity contribution >= 4 is 16.6 Å². The number of fused-ring (bicyclic) bond motifs is 1. The highest BCUT2D eigenvalue weighted by atomic mass is 16.1. The van der Waals surface area contributed by atoms with Crippen LogP contribution in [-0.2, 0) is 0 Å². The number of aromatic nitrogens is 2. The molecule has 0 aliphatic heterocycles. The molecule has 21 heavy (non-hydrogen) atoms. The average Bonchev–Trinajstić information content (AvgIpc) is 2.91. The van der Waals surface area contributed by atoms with E-state index in [1.807, 2.05) is 63.4 Å². The summed E-state index contributed by atoms with van der Waals surface area (Å²) in [6.07, 6.45) is 1.90. The van der Waals surface area contributed by atoms with E-state index in [4.69, 9.17) is 0 Å². The third-order valence-electron chi connectivity index (χ3n) is 3.62. The predicted molar refractivity (Wildman–Crippen MR) is 85.0 cm³/mol. The van der Waals surface area contributed by atoms with Gasteiger partial charge >= 0.3 is 0 Å². The minimum Gasteiger partial charge on any atom is -0.294 e. The molecule has 0 atom stereocenters. The number of carbonyl (C=O) groups is 1. The van der Waals surface area contributed by atoms with Gasteiger partial charge in [0.2, 0.25) is 0 Å². The molecule has 106 valence electrons. The Bertz CT molecular complexity index is 815. The fourth-order valence-corrected chi connectivity index (χ4v) is 2.48. The van der Waals surface area contributed by atoms with Crippen molar-refractivity contribution in [2.24, 2.45) is 5.92 Å². The molecule has 0 radical (unpaired) electrons. The maximum atomic E-state index is 12.5. The van der Waals surface area contributed by atoms with E-state index in [0.717, 1.165) is 27.7 Å². The number of hydrogen-bond donors (Lipinski definition) is 0. The first-order valence-corrected chi connectivity index (χ1v) is 7.16. The van der Waals surface area contributed by atoms with Crippen molar-refractivity contribution in [1.29, 1.82) is 0 Å². The summed E-state index contributed by atoms with van der Waals surface area (Å²) in [7, 11) is 0. The molecule has 3 rings (SSSR count). The number of carbonyl (C=O) groups excluding carboxylic acids is 1. The van der Waals surface area contributed by atoms with Gasteiger partial charge < -0.3 is 0 Å². The van der Waals surface area contributed by atoms with Crippen molar-refractivity contribution in [2.45, 2.75) is 20.8 Å². The zero-order valence-electron chi connectivity index (χ0n) is 12.5. The monoisotopic (exact) mass is 278 g/mol. The van der Waals surface area contributed by atoms with Crippen LogP contribution in [-0.4, -0.2) is 15.6 Å². The summed E-state index contributed by atoms with van der Waals surface area (Å²) in [4.78, 5) is 12.5. The highest BCUT2D eigenvalue weighted by molar-refractivity contribution is 6.04. The van der Waals surface area contributed by atoms with Gasteiger partial charge in [-0.25, -0.2) is 4.68 Å². The number of benzene rings is 2. The summed E-state index contributed by atoms with van der Waals surface area (Å²) in [5, 5.41) is 6.64. The maximum absolute atomic E-state index is 12.5. The van der Waals surface area contributed by atoms with Gasteiger partial charge in [0, 0.05) is 17.7 Å². The molecule has 3 nitrogen and oxygen atoms in total. The number of nitrogens with zero attached hydrogens (tertiary/aromatic N) is 2. The minimum atomic E-state index is -0.0402. The fraction of sp³-hybridized carbons (Fsp3) is 0.222. The van der Waals surface area contributed by atoms with Gasteiger partial charge in [-0.15, -0.1) is 0 Å². The largest absolute Gasteiger partial charge is 0.294 e. The van der Waals surface area contributed by atoms with Gasteiger partial charge in [0.05, 0.1) is 11.4 Å². The summed E-state index contributed by atoms with van der Waals surface area (Å²) in [6.45, 7) is 5.80. The molecule has 0 spiro atoms. The Balaban J connectivity index is 2.29. The first kappa shape index (κ1) is 13.6. The molecule has 1 aromatic heterocycles. The van der Waals surface area contributed by atoms with Crippen LogP contribution >= 0.6 is 0 Å². The van der Waals surface area contributed by atoms with Gasteiger partial charge in [0.15, 0.2) is 5.78 Å². The SMILES string of the molecule is Cc1ccn(-c2cc3ccccc3cc2C(=O)C(C)C)n1. The van der Waals surface area contributed by atoms with Crippen LogP contribution in [0.1, 0.15) is 29.9 Å². The van der Waals surface area contributed by atoms with Crippen LogP contribution in [0.3, 0.4) is 0 Å². The van der Waals surface area contributed by atoms with Gasteiger partial charge in [0.1, 0.15) is 0 Å². The number of Topliss-reactive ketones (excluding diaryl/α,β-unsaturated/α-hetero) is 1. The Morgan fingerprint density at radius 3 is 2.33 bits per heavy atom. The molecule has 1 heterocycles. The van der Waals surface area contributed by atoms with E-state index in [2.05, 4.69) is 11.2 Å². The van der Waals surface area contributed by atoms with Gasteiger partial charge in [-0.2, -0.15) is 5.10 Å². The Kier molecular flexibility index (Phi) is 3.34. The molecule has 0 saturated carbocycles. The van der Waals surface area contributed by atoms with Crippen LogP contribution in [0.4, 0.5) is 0 Å². The summed E-state index contributed by atoms with van der Waals surface area (Å²) in [5.74, 6) is 0.102. The highest BCUT2D eigenvalue weighted by Crippen LogP contribution is 2.25. The number of aryl methyl sites for hydroxylation is 1. The minimum absolute atomic E-state index is 0.0402. The summed E-state index contributed by atoms with van der Waals surface area (Å²) in [5.41, 5.74) is 2.51. The fourth-order valence-electron chi connectivity index (χ4n) is 2.48. The Hall–Kier alpha value is -2.42. The zero-order valence-corrected chi connectivity index (χ0v) is 12.5. The molecule has 0 aliphatic rings. The lowest BCUT2D eigenvalue weighted by molar-refractivity contribution is 0.0939. The molecule has 0 amide bonds. The highest BCUT2D eigenvalue weighted by Gasteiger charge is 2.17. The Morgan fingerprint density at radius 2 is 1.76 bits per heavy atom. The molecule has 0 unspecified atom stereocenters. The zero-order chi connectivity index (χ0) is 15.0. The molecule has 2 aromatic carbocycles. The third kappa shape index (κ3) is 2.47. The summed E-state index contributed by atoms with van der Waals surface area (Å²) < 4.78 is 1.79. The predicted octanol–water partition coefficient (Wildman–Crippen LogP) is 4.17. The quantitative estimate of drug-likeness (QED) is 0.674. The van der Waals surface area contributed by atoms with Crippen LogP contribution in [0.2, 0.25) is 0 Å². The number of rotatable bonds is 3. The van der Waals surface area contributed by atoms with Crippen molar-refractivity contribution in [3.05, 3.63) is 59.9 Å². The maximum Gasteiger partial charge on any atom is 0.167 e. The van der Waals surface area contributed by atoms with Crippen molar-refractivity contribution in [3.63, 3.8) is 0 Å². The Labute approximate surface area is 124 Å². The summed E-state index contributed by atoms with van der Waals surface area (Å²) in [6, 6.07) is 14.0. The lowest BCUT2D eigenvalue weighted by Gasteiger charge is -2.13. The Morgan fingerprint density at radius 1 is 1.10 bits per heavy atom. The normalized spacial score (nSPS) is 11.2. The molecular weight excluding hydrogens is 260 g/mol. The van der Waals surface area contributed by atoms with Gasteiger partial charge in [0.25, 0.3) is 0 Å². The molecule has 3 heteroatoms. The van der Waals surface area contributed by atoms with Crippen LogP contribution < -0.4 is 0 Å². The molecule has 0 saturated heterocycles. The van der Waals surface area contributed by atoms with Crippen LogP contribution in [0.5, 0.6) is 0 Å². The van der Waals surface area contributed by atoms with Gasteiger partial charge in [-0.3, -0.25) is 4.79 Å². The van der Waals surface area contributed by atoms with Crippen LogP contribution in [0.25, 0.3) is 16.5 Å². The smallest absolute Gasteiger partial charge is 0.167 e. The van der Waals surface area contributed by atoms with Gasteiger partial charge in [-0.1, -0.05) is 38.1 Å². The van der Waals surface area contributed by atoms with E-state index in [0.29, 0.717) is 0 Å². The molecular formula is C18H18N2O. The lowest BCUT2D eigenvalue weighted by Crippen LogP contribution is -2.12. The first-order valence-electron chi connectivity index (χ1n) is 7.16. The van der Waals surface area contributed by atoms with E-state index >= 15 is 0 Å². The first-order chi connectivity index (χ1) is 10.1. The van der Waals surface area contributed by atoms with Gasteiger partial charge in [-0.05, 0) is 35.9 Å². The molecule has 0 aliphatic carbocycles.